The molecule has 36 heavy (non-hydrogen) atoms. The Morgan fingerprint density at radius 1 is 1.00 bits per heavy atom. The van der Waals surface area contributed by atoms with Crippen LogP contribution in [0.1, 0.15) is 24.1 Å². The van der Waals surface area contributed by atoms with Crippen molar-refractivity contribution in [2.24, 2.45) is 14.1 Å². The van der Waals surface area contributed by atoms with Crippen LogP contribution >= 0.6 is 0 Å². The lowest BCUT2D eigenvalue weighted by atomic mass is 10.0. The Morgan fingerprint density at radius 2 is 1.69 bits per heavy atom. The Balaban J connectivity index is 1.83. The van der Waals surface area contributed by atoms with Crippen LogP contribution in [0.4, 0.5) is 24.7 Å². The highest BCUT2D eigenvalue weighted by Gasteiger charge is 2.33. The predicted octanol–water partition coefficient (Wildman–Crippen LogP) is 4.40. The van der Waals surface area contributed by atoms with Gasteiger partial charge in [-0.15, -0.1) is 0 Å². The summed E-state index contributed by atoms with van der Waals surface area (Å²) in [5.41, 5.74) is -1.22. The Bertz CT molecular complexity index is 1630. The van der Waals surface area contributed by atoms with Crippen molar-refractivity contribution in [1.82, 2.24) is 14.3 Å². The van der Waals surface area contributed by atoms with Gasteiger partial charge in [0.2, 0.25) is 0 Å². The second kappa shape index (κ2) is 8.95. The number of nitrogens with zero attached hydrogens (tertiary/aromatic N) is 4. The summed E-state index contributed by atoms with van der Waals surface area (Å²) in [7, 11) is 3.04. The van der Waals surface area contributed by atoms with Gasteiger partial charge in [-0.2, -0.15) is 18.3 Å². The number of anilines is 1. The molecular formula is C24H20F3N5O4. The molecule has 0 aliphatic rings. The summed E-state index contributed by atoms with van der Waals surface area (Å²) in [5.74, 6) is 0.186. The molecule has 0 saturated heterocycles. The number of nitrogens with one attached hydrogen (secondary N) is 1. The molecule has 4 aromatic rings. The third kappa shape index (κ3) is 4.69. The van der Waals surface area contributed by atoms with Crippen molar-refractivity contribution in [2.45, 2.75) is 19.1 Å². The number of pyridine rings is 1. The van der Waals surface area contributed by atoms with Gasteiger partial charge in [-0.05, 0) is 47.9 Å². The molecular weight excluding hydrogens is 479 g/mol. The number of hydrogen-bond acceptors (Lipinski definition) is 6. The normalized spacial score (nSPS) is 12.5. The first-order valence-corrected chi connectivity index (χ1v) is 10.7. The molecule has 0 saturated carbocycles. The van der Waals surface area contributed by atoms with Gasteiger partial charge in [-0.25, -0.2) is 4.68 Å². The number of nitro groups is 1. The monoisotopic (exact) mass is 499 g/mol. The van der Waals surface area contributed by atoms with Crippen molar-refractivity contribution in [3.63, 3.8) is 0 Å². The molecule has 2 heterocycles. The van der Waals surface area contributed by atoms with E-state index in [4.69, 9.17) is 0 Å². The molecule has 0 spiro atoms. The number of aromatic nitrogens is 3. The van der Waals surface area contributed by atoms with Gasteiger partial charge in [0.05, 0.1) is 21.9 Å². The summed E-state index contributed by atoms with van der Waals surface area (Å²) >= 11 is 0. The average molecular weight is 499 g/mol. The predicted molar refractivity (Wildman–Crippen MR) is 128 cm³/mol. The maximum absolute atomic E-state index is 13.3. The summed E-state index contributed by atoms with van der Waals surface area (Å²) in [4.78, 5) is 35.1. The fraction of sp³-hybridized carbons (Fsp3) is 0.208. The molecule has 0 amide bonds. The van der Waals surface area contributed by atoms with Gasteiger partial charge in [0.1, 0.15) is 0 Å². The lowest BCUT2D eigenvalue weighted by Crippen LogP contribution is -2.22. The zero-order chi connectivity index (χ0) is 26.4. The van der Waals surface area contributed by atoms with Crippen LogP contribution < -0.4 is 16.4 Å². The van der Waals surface area contributed by atoms with Crippen LogP contribution in [-0.2, 0) is 20.3 Å². The molecule has 12 heteroatoms. The highest BCUT2D eigenvalue weighted by molar-refractivity contribution is 5.94. The van der Waals surface area contributed by atoms with Crippen LogP contribution in [0.5, 0.6) is 0 Å². The number of fused-ring (bicyclic) bond motifs is 1. The smallest absolute Gasteiger partial charge is 0.362 e. The quantitative estimate of drug-likeness (QED) is 0.322. The molecule has 0 unspecified atom stereocenters. The molecule has 1 N–H and O–H groups in total. The van der Waals surface area contributed by atoms with E-state index in [2.05, 4.69) is 10.4 Å². The van der Waals surface area contributed by atoms with Crippen LogP contribution in [0.3, 0.4) is 0 Å². The molecule has 0 bridgehead atoms. The number of nitro benzene ring substituents is 1. The van der Waals surface area contributed by atoms with Crippen LogP contribution in [0.2, 0.25) is 0 Å². The van der Waals surface area contributed by atoms with Crippen LogP contribution in [0.25, 0.3) is 21.9 Å². The lowest BCUT2D eigenvalue weighted by molar-refractivity contribution is -0.385. The number of alkyl halides is 3. The molecule has 4 rings (SSSR count). The first-order chi connectivity index (χ1) is 16.8. The van der Waals surface area contributed by atoms with Crippen molar-refractivity contribution in [2.75, 3.05) is 5.32 Å². The highest BCUT2D eigenvalue weighted by atomic mass is 19.4. The fourth-order valence-electron chi connectivity index (χ4n) is 3.81. The Morgan fingerprint density at radius 3 is 2.33 bits per heavy atom. The standard InChI is InChI=1S/C24H20F3N5O4/c1-13(16-8-17(24(25,26)27)12-18(9-16)32(35)36)28-22-20-10-14(15-6-7-30(2)21(33)11-15)4-5-19(20)23(34)31(3)29-22/h4-13H,1-3H3,(H,28,29)/t13-/m1/s1. The van der Waals surface area contributed by atoms with Gasteiger partial charge in [0.25, 0.3) is 16.8 Å². The number of benzene rings is 2. The van der Waals surface area contributed by atoms with E-state index in [1.165, 1.54) is 24.6 Å². The van der Waals surface area contributed by atoms with E-state index < -0.39 is 34.0 Å². The van der Waals surface area contributed by atoms with Gasteiger partial charge >= 0.3 is 6.18 Å². The van der Waals surface area contributed by atoms with E-state index in [1.807, 2.05) is 0 Å². The average Bonchev–Trinajstić information content (AvgIpc) is 2.82. The van der Waals surface area contributed by atoms with E-state index in [0.717, 1.165) is 16.8 Å². The number of non-ortho nitro benzene ring substituents is 1. The number of rotatable bonds is 5. The summed E-state index contributed by atoms with van der Waals surface area (Å²) in [6, 6.07) is 9.62. The van der Waals surface area contributed by atoms with Crippen molar-refractivity contribution < 1.29 is 18.1 Å². The van der Waals surface area contributed by atoms with E-state index in [9.17, 15) is 32.9 Å². The van der Waals surface area contributed by atoms with Gasteiger partial charge in [-0.1, -0.05) is 6.07 Å². The van der Waals surface area contributed by atoms with E-state index >= 15 is 0 Å². The van der Waals surface area contributed by atoms with Crippen LogP contribution in [0.15, 0.2) is 64.3 Å². The van der Waals surface area contributed by atoms with Crippen molar-refractivity contribution in [3.8, 4) is 11.1 Å². The Hall–Kier alpha value is -4.48. The maximum atomic E-state index is 13.3. The molecule has 0 radical (unpaired) electrons. The summed E-state index contributed by atoms with van der Waals surface area (Å²) in [6.07, 6.45) is -3.17. The number of halogens is 3. The largest absolute Gasteiger partial charge is 0.416 e. The van der Waals surface area contributed by atoms with Crippen molar-refractivity contribution in [3.05, 3.63) is 96.7 Å². The van der Waals surface area contributed by atoms with E-state index in [0.29, 0.717) is 28.0 Å². The fourth-order valence-corrected chi connectivity index (χ4v) is 3.81. The van der Waals surface area contributed by atoms with E-state index in [-0.39, 0.29) is 16.9 Å². The zero-order valence-electron chi connectivity index (χ0n) is 19.3. The molecule has 2 aromatic heterocycles. The Labute approximate surface area is 201 Å². The third-order valence-corrected chi connectivity index (χ3v) is 5.82. The van der Waals surface area contributed by atoms with Crippen LogP contribution in [-0.4, -0.2) is 19.3 Å². The second-order valence-corrected chi connectivity index (χ2v) is 8.34. The maximum Gasteiger partial charge on any atom is 0.416 e. The minimum atomic E-state index is -4.77. The minimum Gasteiger partial charge on any atom is -0.362 e. The van der Waals surface area contributed by atoms with Gasteiger partial charge < -0.3 is 9.88 Å². The molecule has 2 aromatic carbocycles. The van der Waals surface area contributed by atoms with Gasteiger partial charge in [0.15, 0.2) is 5.82 Å². The zero-order valence-corrected chi connectivity index (χ0v) is 19.3. The molecule has 9 nitrogen and oxygen atoms in total. The molecule has 0 aliphatic carbocycles. The molecule has 0 fully saturated rings. The summed E-state index contributed by atoms with van der Waals surface area (Å²) in [6.45, 7) is 1.53. The minimum absolute atomic E-state index is 0.0167. The van der Waals surface area contributed by atoms with E-state index in [1.54, 1.807) is 37.5 Å². The van der Waals surface area contributed by atoms with Crippen LogP contribution in [0, 0.1) is 10.1 Å². The van der Waals surface area contributed by atoms with Gasteiger partial charge in [-0.3, -0.25) is 19.7 Å². The topological polar surface area (TPSA) is 112 Å². The summed E-state index contributed by atoms with van der Waals surface area (Å²) < 4.78 is 42.5. The number of aryl methyl sites for hydroxylation is 2. The molecule has 0 aliphatic heterocycles. The third-order valence-electron chi connectivity index (χ3n) is 5.82. The summed E-state index contributed by atoms with van der Waals surface area (Å²) in [5, 5.41) is 19.1. The number of hydrogen-bond donors (Lipinski definition) is 1. The molecule has 1 atom stereocenters. The SMILES string of the molecule is C[C@@H](Nc1nn(C)c(=O)c2ccc(-c3ccn(C)c(=O)c3)cc12)c1cc([N+](=O)[O-])cc(C(F)(F)F)c1. The Kier molecular flexibility index (Phi) is 6.12. The van der Waals surface area contributed by atoms with Crippen molar-refractivity contribution >= 4 is 22.3 Å². The van der Waals surface area contributed by atoms with Crippen molar-refractivity contribution in [1.29, 1.82) is 0 Å². The lowest BCUT2D eigenvalue weighted by Gasteiger charge is -2.19. The first-order valence-electron chi connectivity index (χ1n) is 10.7. The first kappa shape index (κ1) is 24.6. The van der Waals surface area contributed by atoms with Gasteiger partial charge in [0, 0.05) is 43.9 Å². The highest BCUT2D eigenvalue weighted by Crippen LogP contribution is 2.35. The second-order valence-electron chi connectivity index (χ2n) is 8.34. The molecule has 186 valence electrons.